The number of hydrogen-bond acceptors (Lipinski definition) is 2. The SMILES string of the molecule is Oc1cc2ccc1c(O)c2. The second-order valence-corrected chi connectivity index (χ2v) is 2.31. The monoisotopic (exact) mass is 134 g/mol. The van der Waals surface area contributed by atoms with E-state index < -0.39 is 0 Å². The van der Waals surface area contributed by atoms with Gasteiger partial charge >= 0.3 is 0 Å². The Morgan fingerprint density at radius 2 is 1.50 bits per heavy atom. The van der Waals surface area contributed by atoms with Crippen molar-refractivity contribution < 1.29 is 10.2 Å². The Morgan fingerprint density at radius 3 is 1.80 bits per heavy atom. The molecule has 0 radical (unpaired) electrons. The first kappa shape index (κ1) is 5.35. The van der Waals surface area contributed by atoms with Gasteiger partial charge in [-0.05, 0) is 23.6 Å². The minimum atomic E-state index is 0.150. The molecule has 2 nitrogen and oxygen atoms in total. The molecular weight excluding hydrogens is 128 g/mol. The van der Waals surface area contributed by atoms with Crippen LogP contribution in [-0.2, 0) is 0 Å². The van der Waals surface area contributed by atoms with Crippen molar-refractivity contribution in [2.45, 2.75) is 0 Å². The Bertz CT molecular complexity index is 328. The summed E-state index contributed by atoms with van der Waals surface area (Å²) in [6.45, 7) is 0. The van der Waals surface area contributed by atoms with Crippen molar-refractivity contribution in [1.82, 2.24) is 0 Å². The van der Waals surface area contributed by atoms with Crippen LogP contribution in [0.15, 0.2) is 24.3 Å². The van der Waals surface area contributed by atoms with Crippen molar-refractivity contribution in [2.75, 3.05) is 0 Å². The fraction of sp³-hybridized carbons (Fsp3) is 0. The lowest BCUT2D eigenvalue weighted by atomic mass is 10.1. The van der Waals surface area contributed by atoms with E-state index in [0.717, 1.165) is 5.39 Å². The summed E-state index contributed by atoms with van der Waals surface area (Å²) >= 11 is 0. The molecule has 0 spiro atoms. The summed E-state index contributed by atoms with van der Waals surface area (Å²) in [5, 5.41) is 19.6. The summed E-state index contributed by atoms with van der Waals surface area (Å²) < 4.78 is 0. The van der Waals surface area contributed by atoms with E-state index in [1.807, 2.05) is 6.07 Å². The third-order valence-corrected chi connectivity index (χ3v) is 1.60. The van der Waals surface area contributed by atoms with Gasteiger partial charge in [0, 0.05) is 0 Å². The molecule has 10 heavy (non-hydrogen) atoms. The van der Waals surface area contributed by atoms with Crippen LogP contribution < -0.4 is 0 Å². The number of hydrogen-bond donors (Lipinski definition) is 2. The largest absolute Gasteiger partial charge is 0.507 e. The van der Waals surface area contributed by atoms with Crippen LogP contribution in [-0.4, -0.2) is 10.2 Å². The van der Waals surface area contributed by atoms with Gasteiger partial charge in [-0.25, -0.2) is 0 Å². The third-order valence-electron chi connectivity index (χ3n) is 1.60. The maximum Gasteiger partial charge on any atom is 0.127 e. The van der Waals surface area contributed by atoms with Gasteiger partial charge in [0.15, 0.2) is 0 Å². The number of phenolic OH excluding ortho intramolecular Hbond substituents is 2. The number of benzene rings is 3. The van der Waals surface area contributed by atoms with Crippen molar-refractivity contribution in [3.05, 3.63) is 24.3 Å². The number of phenols is 4. The Morgan fingerprint density at radius 1 is 0.900 bits per heavy atom. The van der Waals surface area contributed by atoms with Crippen molar-refractivity contribution in [3.8, 4) is 11.5 Å². The molecule has 0 heterocycles. The zero-order valence-electron chi connectivity index (χ0n) is 5.20. The number of fused-ring (bicyclic) bond motifs is 3. The highest BCUT2D eigenvalue weighted by molar-refractivity contribution is 5.83. The highest BCUT2D eigenvalue weighted by atomic mass is 16.3. The van der Waals surface area contributed by atoms with Crippen LogP contribution in [0.25, 0.3) is 10.8 Å². The van der Waals surface area contributed by atoms with Crippen LogP contribution in [0.1, 0.15) is 0 Å². The molecule has 3 aromatic rings. The Labute approximate surface area is 57.7 Å². The molecule has 0 saturated heterocycles. The molecule has 0 aliphatic carbocycles. The van der Waals surface area contributed by atoms with E-state index in [1.165, 1.54) is 0 Å². The molecule has 0 unspecified atom stereocenters. The smallest absolute Gasteiger partial charge is 0.127 e. The Kier molecular flexibility index (Phi) is 0.822. The molecule has 2 N–H and O–H groups in total. The van der Waals surface area contributed by atoms with E-state index in [1.54, 1.807) is 18.2 Å². The molecule has 0 fully saturated rings. The van der Waals surface area contributed by atoms with Crippen LogP contribution in [0.5, 0.6) is 11.5 Å². The van der Waals surface area contributed by atoms with Crippen LogP contribution in [0.2, 0.25) is 0 Å². The average Bonchev–Trinajstić information content (AvgIpc) is 1.86. The standard InChI is InChI=1S/C8H6O2/c9-7-3-5-1-2-6(7)8(10)4-5/h1-4,9-10H. The minimum Gasteiger partial charge on any atom is -0.507 e. The highest BCUT2D eigenvalue weighted by Gasteiger charge is 2.03. The van der Waals surface area contributed by atoms with Gasteiger partial charge in [0.25, 0.3) is 0 Å². The summed E-state index contributed by atoms with van der Waals surface area (Å²) in [4.78, 5) is 0. The summed E-state index contributed by atoms with van der Waals surface area (Å²) in [6, 6.07) is 6.78. The second-order valence-electron chi connectivity index (χ2n) is 2.31. The van der Waals surface area contributed by atoms with Gasteiger partial charge in [-0.1, -0.05) is 6.07 Å². The predicted molar refractivity (Wildman–Crippen MR) is 38.5 cm³/mol. The first-order valence-corrected chi connectivity index (χ1v) is 3.01. The van der Waals surface area contributed by atoms with E-state index in [2.05, 4.69) is 0 Å². The molecule has 0 amide bonds. The van der Waals surface area contributed by atoms with Crippen molar-refractivity contribution in [2.24, 2.45) is 0 Å². The molecule has 50 valence electrons. The first-order chi connectivity index (χ1) is 4.77. The van der Waals surface area contributed by atoms with Crippen LogP contribution in [0, 0.1) is 0 Å². The van der Waals surface area contributed by atoms with Gasteiger partial charge in [0.1, 0.15) is 11.5 Å². The number of rotatable bonds is 0. The van der Waals surface area contributed by atoms with Gasteiger partial charge in [0.05, 0.1) is 5.39 Å². The molecule has 0 saturated carbocycles. The van der Waals surface area contributed by atoms with E-state index in [4.69, 9.17) is 10.2 Å². The first-order valence-electron chi connectivity index (χ1n) is 3.01. The lowest BCUT2D eigenvalue weighted by Crippen LogP contribution is -1.75. The van der Waals surface area contributed by atoms with Crippen molar-refractivity contribution >= 4 is 10.8 Å². The molecule has 3 aromatic carbocycles. The van der Waals surface area contributed by atoms with Crippen molar-refractivity contribution in [1.29, 1.82) is 0 Å². The van der Waals surface area contributed by atoms with Gasteiger partial charge < -0.3 is 10.2 Å². The molecule has 3 rings (SSSR count). The molecule has 0 aliphatic rings. The van der Waals surface area contributed by atoms with Crippen LogP contribution >= 0.6 is 0 Å². The van der Waals surface area contributed by atoms with Gasteiger partial charge in [-0.2, -0.15) is 0 Å². The summed E-state index contributed by atoms with van der Waals surface area (Å²) in [5.41, 5.74) is 0. The quantitative estimate of drug-likeness (QED) is 0.575. The maximum atomic E-state index is 9.12. The molecule has 2 heteroatoms. The molecule has 0 atom stereocenters. The summed E-state index contributed by atoms with van der Waals surface area (Å²) in [6.07, 6.45) is 0. The Balaban J connectivity index is 2.97. The van der Waals surface area contributed by atoms with Gasteiger partial charge in [-0.3, -0.25) is 0 Å². The molecular formula is C8H6O2. The Hall–Kier alpha value is -1.44. The second kappa shape index (κ2) is 1.53. The topological polar surface area (TPSA) is 40.5 Å². The maximum absolute atomic E-state index is 9.12. The van der Waals surface area contributed by atoms with Crippen LogP contribution in [0.3, 0.4) is 0 Å². The van der Waals surface area contributed by atoms with E-state index in [0.29, 0.717) is 5.39 Å². The van der Waals surface area contributed by atoms with Gasteiger partial charge in [-0.15, -0.1) is 0 Å². The highest BCUT2D eigenvalue weighted by Crippen LogP contribution is 2.32. The molecule has 0 aliphatic heterocycles. The predicted octanol–water partition coefficient (Wildman–Crippen LogP) is 1.69. The van der Waals surface area contributed by atoms with Crippen molar-refractivity contribution in [3.63, 3.8) is 0 Å². The fourth-order valence-electron chi connectivity index (χ4n) is 1.09. The normalized spacial score (nSPS) is 10.8. The molecule has 0 aromatic heterocycles. The summed E-state index contributed by atoms with van der Waals surface area (Å²) in [7, 11) is 0. The van der Waals surface area contributed by atoms with E-state index in [9.17, 15) is 0 Å². The zero-order valence-corrected chi connectivity index (χ0v) is 5.20. The third kappa shape index (κ3) is 0.530. The van der Waals surface area contributed by atoms with E-state index in [-0.39, 0.29) is 11.5 Å². The molecule has 2 bridgehead atoms. The fourth-order valence-corrected chi connectivity index (χ4v) is 1.09. The lowest BCUT2D eigenvalue weighted by molar-refractivity contribution is 0.462. The van der Waals surface area contributed by atoms with Gasteiger partial charge in [0.2, 0.25) is 0 Å². The number of aromatic hydroxyl groups is 2. The van der Waals surface area contributed by atoms with E-state index >= 15 is 0 Å². The van der Waals surface area contributed by atoms with Crippen LogP contribution in [0.4, 0.5) is 0 Å². The average molecular weight is 134 g/mol. The zero-order chi connectivity index (χ0) is 7.14. The lowest BCUT2D eigenvalue weighted by Gasteiger charge is -2.02. The minimum absolute atomic E-state index is 0.150. The summed E-state index contributed by atoms with van der Waals surface area (Å²) in [5.74, 6) is 0.301.